The molecule has 0 rings (SSSR count). The van der Waals surface area contributed by atoms with Crippen LogP contribution in [0.15, 0.2) is 0 Å². The van der Waals surface area contributed by atoms with Crippen molar-refractivity contribution >= 4 is 8.95 Å². The molecular formula is C2O2Zn2. The van der Waals surface area contributed by atoms with E-state index in [1.807, 2.05) is 0 Å². The SMILES string of the molecule is O=[C]=[Zn].O=[C]=[Zn]. The van der Waals surface area contributed by atoms with Crippen molar-refractivity contribution in [1.82, 2.24) is 0 Å². The van der Waals surface area contributed by atoms with Crippen LogP contribution in [0, 0.1) is 0 Å². The molecule has 0 heterocycles. The van der Waals surface area contributed by atoms with Crippen LogP contribution in [-0.2, 0) is 45.3 Å². The fourth-order valence-corrected chi connectivity index (χ4v) is 0. The van der Waals surface area contributed by atoms with Crippen molar-refractivity contribution in [2.75, 3.05) is 0 Å². The van der Waals surface area contributed by atoms with Gasteiger partial charge in [0.15, 0.2) is 0 Å². The summed E-state index contributed by atoms with van der Waals surface area (Å²) in [6.45, 7) is 0. The Morgan fingerprint density at radius 2 is 1.00 bits per heavy atom. The van der Waals surface area contributed by atoms with Gasteiger partial charge in [0.2, 0.25) is 0 Å². The van der Waals surface area contributed by atoms with Crippen molar-refractivity contribution in [1.29, 1.82) is 0 Å². The summed E-state index contributed by atoms with van der Waals surface area (Å²) < 4.78 is 3.25. The van der Waals surface area contributed by atoms with Crippen LogP contribution in [-0.4, -0.2) is 8.95 Å². The molecule has 0 N–H and O–H groups in total. The number of hydrogen-bond acceptors (Lipinski definition) is 2. The molecule has 0 amide bonds. The zero-order valence-corrected chi connectivity index (χ0v) is 9.16. The standard InChI is InChI=1S/2CO.2Zn/c2*1-2;;. The first-order valence-electron chi connectivity index (χ1n) is 1.12. The van der Waals surface area contributed by atoms with E-state index in [2.05, 4.69) is 0 Å². The molecule has 0 aromatic heterocycles. The summed E-state index contributed by atoms with van der Waals surface area (Å²) in [7, 11) is 0. The summed E-state index contributed by atoms with van der Waals surface area (Å²) in [6.07, 6.45) is 0. The molecule has 0 fully saturated rings. The molecule has 24 valence electrons. The summed E-state index contributed by atoms with van der Waals surface area (Å²) in [6, 6.07) is 0. The maximum absolute atomic E-state index is 8.74. The first-order chi connectivity index (χ1) is 2.83. The van der Waals surface area contributed by atoms with Crippen LogP contribution < -0.4 is 0 Å². The molecule has 0 saturated carbocycles. The topological polar surface area (TPSA) is 34.1 Å². The van der Waals surface area contributed by atoms with Crippen LogP contribution in [0.5, 0.6) is 0 Å². The molecule has 0 bridgehead atoms. The average molecular weight is 187 g/mol. The van der Waals surface area contributed by atoms with Crippen LogP contribution >= 0.6 is 0 Å². The second-order valence-electron chi connectivity index (χ2n) is 0.289. The van der Waals surface area contributed by atoms with Gasteiger partial charge in [0.05, 0.1) is 0 Å². The Balaban J connectivity index is 0. The maximum atomic E-state index is 8.74. The third-order valence-corrected chi connectivity index (χ3v) is 0. The first-order valence-corrected chi connectivity index (χ1v) is 4.08. The van der Waals surface area contributed by atoms with E-state index in [0.717, 1.165) is 0 Å². The van der Waals surface area contributed by atoms with E-state index >= 15 is 0 Å². The van der Waals surface area contributed by atoms with Gasteiger partial charge < -0.3 is 0 Å². The van der Waals surface area contributed by atoms with Gasteiger partial charge in [-0.1, -0.05) is 0 Å². The predicted octanol–water partition coefficient (Wildman–Crippen LogP) is -0.799. The van der Waals surface area contributed by atoms with Crippen LogP contribution in [0.25, 0.3) is 0 Å². The molecule has 0 spiro atoms. The molecule has 0 aliphatic rings. The third kappa shape index (κ3) is 309. The Morgan fingerprint density at radius 3 is 1.00 bits per heavy atom. The van der Waals surface area contributed by atoms with Gasteiger partial charge in [-0.3, -0.25) is 0 Å². The van der Waals surface area contributed by atoms with E-state index in [1.54, 1.807) is 8.95 Å². The first kappa shape index (κ1) is 9.64. The second kappa shape index (κ2) is 18.1. The van der Waals surface area contributed by atoms with E-state index in [4.69, 9.17) is 9.59 Å². The third-order valence-electron chi connectivity index (χ3n) is 0. The van der Waals surface area contributed by atoms with E-state index < -0.39 is 0 Å². The van der Waals surface area contributed by atoms with Gasteiger partial charge >= 0.3 is 54.2 Å². The Labute approximate surface area is 54.3 Å². The van der Waals surface area contributed by atoms with Crippen molar-refractivity contribution in [2.45, 2.75) is 0 Å². The summed E-state index contributed by atoms with van der Waals surface area (Å²) in [5.74, 6) is 0. The van der Waals surface area contributed by atoms with Gasteiger partial charge in [-0.05, 0) is 0 Å². The summed E-state index contributed by atoms with van der Waals surface area (Å²) >= 11 is 1.28. The van der Waals surface area contributed by atoms with Gasteiger partial charge in [0, 0.05) is 0 Å². The van der Waals surface area contributed by atoms with E-state index in [9.17, 15) is 0 Å². The zero-order valence-electron chi connectivity index (χ0n) is 3.23. The fraction of sp³-hybridized carbons (Fsp3) is 0. The molecule has 0 aromatic carbocycles. The van der Waals surface area contributed by atoms with Gasteiger partial charge in [-0.15, -0.1) is 0 Å². The Hall–Kier alpha value is 0.407. The van der Waals surface area contributed by atoms with E-state index in [1.165, 1.54) is 0 Å². The number of rotatable bonds is 0. The van der Waals surface area contributed by atoms with Crippen molar-refractivity contribution in [2.24, 2.45) is 0 Å². The molecule has 6 heavy (non-hydrogen) atoms. The minimum atomic E-state index is 0.639. The van der Waals surface area contributed by atoms with Crippen LogP contribution in [0.3, 0.4) is 0 Å². The molecule has 0 saturated heterocycles. The zero-order chi connectivity index (χ0) is 5.41. The second-order valence-corrected chi connectivity index (χ2v) is 1.50. The van der Waals surface area contributed by atoms with Gasteiger partial charge in [-0.2, -0.15) is 0 Å². The minimum absolute atomic E-state index is 0.639. The van der Waals surface area contributed by atoms with Crippen LogP contribution in [0.2, 0.25) is 0 Å². The molecule has 4 heteroatoms. The molecule has 0 aliphatic heterocycles. The molecule has 0 aromatic rings. The van der Waals surface area contributed by atoms with E-state index in [-0.39, 0.29) is 0 Å². The quantitative estimate of drug-likeness (QED) is 0.465. The molecular weight excluding hydrogens is 187 g/mol. The predicted molar refractivity (Wildman–Crippen MR) is 11.4 cm³/mol. The van der Waals surface area contributed by atoms with Gasteiger partial charge in [-0.25, -0.2) is 0 Å². The monoisotopic (exact) mass is 184 g/mol. The molecule has 0 unspecified atom stereocenters. The number of hydrogen-bond donors (Lipinski definition) is 0. The summed E-state index contributed by atoms with van der Waals surface area (Å²) in [5.41, 5.74) is 0. The van der Waals surface area contributed by atoms with Gasteiger partial charge in [0.25, 0.3) is 0 Å². The molecule has 0 atom stereocenters. The van der Waals surface area contributed by atoms with Crippen molar-refractivity contribution in [3.05, 3.63) is 0 Å². The summed E-state index contributed by atoms with van der Waals surface area (Å²) in [5, 5.41) is 0. The molecule has 0 aliphatic carbocycles. The summed E-state index contributed by atoms with van der Waals surface area (Å²) in [4.78, 5) is 17.5. The molecule has 0 radical (unpaired) electrons. The van der Waals surface area contributed by atoms with Crippen LogP contribution in [0.4, 0.5) is 0 Å². The Bertz CT molecular complexity index is 63.5. The Kier molecular flexibility index (Phi) is 29.1. The normalized spacial score (nSPS) is 3.33. The molecule has 2 nitrogen and oxygen atoms in total. The average Bonchev–Trinajstić information content (AvgIpc) is 1.39. The van der Waals surface area contributed by atoms with E-state index in [0.29, 0.717) is 35.7 Å². The number of carbonyl (C=O) groups excluding carboxylic acids is 2. The van der Waals surface area contributed by atoms with Crippen LogP contribution in [0.1, 0.15) is 0 Å². The van der Waals surface area contributed by atoms with Crippen molar-refractivity contribution in [3.63, 3.8) is 0 Å². The fourth-order valence-electron chi connectivity index (χ4n) is 0. The van der Waals surface area contributed by atoms with Gasteiger partial charge in [0.1, 0.15) is 0 Å². The Morgan fingerprint density at radius 1 is 1.00 bits per heavy atom. The van der Waals surface area contributed by atoms with Crippen molar-refractivity contribution in [3.8, 4) is 0 Å². The van der Waals surface area contributed by atoms with Crippen molar-refractivity contribution < 1.29 is 45.3 Å².